The molecule has 9 heteroatoms. The molecule has 2 heterocycles. The molecule has 0 spiro atoms. The average molecular weight is 359 g/mol. The lowest BCUT2D eigenvalue weighted by molar-refractivity contribution is -0.134. The quantitative estimate of drug-likeness (QED) is 0.650. The minimum absolute atomic E-state index is 0.0565. The number of nitrogens with zero attached hydrogens (tertiary/aromatic N) is 3. The van der Waals surface area contributed by atoms with E-state index < -0.39 is 5.91 Å². The van der Waals surface area contributed by atoms with Crippen LogP contribution in [0.25, 0.3) is 0 Å². The Morgan fingerprint density at radius 2 is 2.19 bits per heavy atom. The summed E-state index contributed by atoms with van der Waals surface area (Å²) in [5, 5.41) is 2.73. The first-order valence-electron chi connectivity index (χ1n) is 8.34. The van der Waals surface area contributed by atoms with Crippen LogP contribution in [0.5, 0.6) is 5.75 Å². The molecule has 0 unspecified atom stereocenters. The number of benzene rings is 1. The van der Waals surface area contributed by atoms with E-state index in [9.17, 15) is 14.4 Å². The second-order valence-electron chi connectivity index (χ2n) is 6.30. The van der Waals surface area contributed by atoms with Gasteiger partial charge in [-0.15, -0.1) is 0 Å². The van der Waals surface area contributed by atoms with Crippen LogP contribution < -0.4 is 15.8 Å². The number of carbonyl (C=O) groups is 3. The van der Waals surface area contributed by atoms with Gasteiger partial charge in [0.1, 0.15) is 12.3 Å². The van der Waals surface area contributed by atoms with Gasteiger partial charge >= 0.3 is 0 Å². The van der Waals surface area contributed by atoms with Gasteiger partial charge in [0.2, 0.25) is 23.7 Å². The van der Waals surface area contributed by atoms with Crippen molar-refractivity contribution in [2.75, 3.05) is 26.7 Å². The number of ether oxygens (including phenoxy) is 1. The summed E-state index contributed by atoms with van der Waals surface area (Å²) in [4.78, 5) is 41.7. The standard InChI is InChI=1S/C17H21N5O4/c1-21(9-14(18)23)16(25)3-2-6-26-12-4-5-13-11(7-12)8-22-10-15(24)20-17(22)19-13/h4-5,7H,2-3,6,8-10H2,1H3,(H2,18,23)(H,19,20,24). The summed E-state index contributed by atoms with van der Waals surface area (Å²) >= 11 is 0. The maximum absolute atomic E-state index is 11.8. The molecule has 0 bridgehead atoms. The molecule has 138 valence electrons. The summed E-state index contributed by atoms with van der Waals surface area (Å²) in [6.07, 6.45) is 0.815. The molecular formula is C17H21N5O4. The van der Waals surface area contributed by atoms with Gasteiger partial charge in [-0.2, -0.15) is 0 Å². The molecule has 1 aromatic rings. The topological polar surface area (TPSA) is 117 Å². The third-order valence-electron chi connectivity index (χ3n) is 4.15. The molecule has 0 saturated carbocycles. The fourth-order valence-corrected chi connectivity index (χ4v) is 2.85. The molecule has 0 radical (unpaired) electrons. The van der Waals surface area contributed by atoms with Crippen LogP contribution in [-0.2, 0) is 20.9 Å². The Labute approximate surface area is 150 Å². The number of carbonyl (C=O) groups excluding carboxylic acids is 3. The summed E-state index contributed by atoms with van der Waals surface area (Å²) in [6, 6.07) is 5.57. The lowest BCUT2D eigenvalue weighted by Gasteiger charge is -2.23. The van der Waals surface area contributed by atoms with Crippen molar-refractivity contribution >= 4 is 29.4 Å². The summed E-state index contributed by atoms with van der Waals surface area (Å²) in [7, 11) is 1.55. The van der Waals surface area contributed by atoms with E-state index in [-0.39, 0.29) is 24.8 Å². The number of primary amides is 1. The number of guanidine groups is 1. The minimum Gasteiger partial charge on any atom is -0.494 e. The van der Waals surface area contributed by atoms with E-state index in [1.165, 1.54) is 4.90 Å². The van der Waals surface area contributed by atoms with Gasteiger partial charge in [-0.05, 0) is 24.6 Å². The van der Waals surface area contributed by atoms with Crippen molar-refractivity contribution < 1.29 is 19.1 Å². The van der Waals surface area contributed by atoms with Crippen molar-refractivity contribution in [2.24, 2.45) is 10.7 Å². The third kappa shape index (κ3) is 4.11. The predicted molar refractivity (Wildman–Crippen MR) is 93.7 cm³/mol. The lowest BCUT2D eigenvalue weighted by atomic mass is 10.1. The van der Waals surface area contributed by atoms with Crippen molar-refractivity contribution in [2.45, 2.75) is 19.4 Å². The highest BCUT2D eigenvalue weighted by Gasteiger charge is 2.29. The molecule has 1 fully saturated rings. The minimum atomic E-state index is -0.535. The van der Waals surface area contributed by atoms with Crippen LogP contribution >= 0.6 is 0 Å². The highest BCUT2D eigenvalue weighted by Crippen LogP contribution is 2.30. The van der Waals surface area contributed by atoms with Crippen LogP contribution in [0.3, 0.4) is 0 Å². The van der Waals surface area contributed by atoms with E-state index in [0.29, 0.717) is 37.8 Å². The number of rotatable bonds is 7. The maximum Gasteiger partial charge on any atom is 0.246 e. The van der Waals surface area contributed by atoms with Gasteiger partial charge in [-0.3, -0.25) is 19.7 Å². The number of amides is 3. The molecule has 26 heavy (non-hydrogen) atoms. The Bertz CT molecular complexity index is 776. The monoisotopic (exact) mass is 359 g/mol. The predicted octanol–water partition coefficient (Wildman–Crippen LogP) is -0.278. The first-order chi connectivity index (χ1) is 12.4. The molecule has 9 nitrogen and oxygen atoms in total. The number of hydrogen-bond donors (Lipinski definition) is 2. The number of hydrogen-bond acceptors (Lipinski definition) is 6. The first kappa shape index (κ1) is 17.7. The van der Waals surface area contributed by atoms with E-state index >= 15 is 0 Å². The van der Waals surface area contributed by atoms with Crippen molar-refractivity contribution in [3.8, 4) is 5.75 Å². The summed E-state index contributed by atoms with van der Waals surface area (Å²) in [5.41, 5.74) is 6.87. The van der Waals surface area contributed by atoms with Gasteiger partial charge in [0, 0.05) is 25.6 Å². The molecule has 3 amide bonds. The number of likely N-dealkylation sites (N-methyl/N-ethyl adjacent to an activating group) is 1. The second kappa shape index (κ2) is 7.42. The second-order valence-corrected chi connectivity index (χ2v) is 6.30. The van der Waals surface area contributed by atoms with E-state index in [0.717, 1.165) is 11.3 Å². The number of nitrogens with one attached hydrogen (secondary N) is 1. The van der Waals surface area contributed by atoms with Crippen molar-refractivity contribution in [3.63, 3.8) is 0 Å². The largest absolute Gasteiger partial charge is 0.494 e. The van der Waals surface area contributed by atoms with Gasteiger partial charge in [-0.1, -0.05) is 0 Å². The maximum atomic E-state index is 11.8. The summed E-state index contributed by atoms with van der Waals surface area (Å²) < 4.78 is 5.70. The van der Waals surface area contributed by atoms with Gasteiger partial charge in [0.15, 0.2) is 0 Å². The summed E-state index contributed by atoms with van der Waals surface area (Å²) in [5.74, 6) is 0.547. The zero-order chi connectivity index (χ0) is 18.7. The van der Waals surface area contributed by atoms with Crippen LogP contribution in [-0.4, -0.2) is 60.2 Å². The Balaban J connectivity index is 1.49. The molecule has 3 N–H and O–H groups in total. The van der Waals surface area contributed by atoms with Gasteiger partial charge in [0.25, 0.3) is 0 Å². The van der Waals surface area contributed by atoms with Crippen molar-refractivity contribution in [1.82, 2.24) is 15.1 Å². The molecule has 2 aliphatic heterocycles. The molecule has 0 aliphatic carbocycles. The van der Waals surface area contributed by atoms with E-state index in [2.05, 4.69) is 10.3 Å². The van der Waals surface area contributed by atoms with Crippen LogP contribution in [0.15, 0.2) is 23.2 Å². The number of nitrogens with two attached hydrogens (primary N) is 1. The Hall–Kier alpha value is -3.10. The zero-order valence-electron chi connectivity index (χ0n) is 14.5. The van der Waals surface area contributed by atoms with E-state index in [1.807, 2.05) is 23.1 Å². The van der Waals surface area contributed by atoms with Crippen LogP contribution in [0.1, 0.15) is 18.4 Å². The SMILES string of the molecule is CN(CC(N)=O)C(=O)CCCOc1ccc2c(c1)CN1CC(=O)NC1=N2. The molecule has 1 saturated heterocycles. The molecular weight excluding hydrogens is 338 g/mol. The Morgan fingerprint density at radius 1 is 1.38 bits per heavy atom. The molecule has 3 rings (SSSR count). The van der Waals surface area contributed by atoms with Crippen LogP contribution in [0, 0.1) is 0 Å². The Kier molecular flexibility index (Phi) is 5.06. The molecule has 0 aromatic heterocycles. The van der Waals surface area contributed by atoms with Crippen molar-refractivity contribution in [1.29, 1.82) is 0 Å². The highest BCUT2D eigenvalue weighted by molar-refractivity contribution is 6.05. The first-order valence-corrected chi connectivity index (χ1v) is 8.34. The van der Waals surface area contributed by atoms with Gasteiger partial charge in [-0.25, -0.2) is 4.99 Å². The van der Waals surface area contributed by atoms with E-state index in [4.69, 9.17) is 10.5 Å². The zero-order valence-corrected chi connectivity index (χ0v) is 14.5. The lowest BCUT2D eigenvalue weighted by Crippen LogP contribution is -2.35. The molecule has 2 aliphatic rings. The van der Waals surface area contributed by atoms with Crippen LogP contribution in [0.4, 0.5) is 5.69 Å². The fourth-order valence-electron chi connectivity index (χ4n) is 2.85. The summed E-state index contributed by atoms with van der Waals surface area (Å²) in [6.45, 7) is 1.21. The highest BCUT2D eigenvalue weighted by atomic mass is 16.5. The van der Waals surface area contributed by atoms with Crippen molar-refractivity contribution in [3.05, 3.63) is 23.8 Å². The van der Waals surface area contributed by atoms with Gasteiger partial charge in [0.05, 0.1) is 18.8 Å². The Morgan fingerprint density at radius 3 is 2.96 bits per heavy atom. The van der Waals surface area contributed by atoms with E-state index in [1.54, 1.807) is 7.05 Å². The number of aliphatic imine (C=N–C) groups is 1. The van der Waals surface area contributed by atoms with Crippen LogP contribution in [0.2, 0.25) is 0 Å². The van der Waals surface area contributed by atoms with Gasteiger partial charge < -0.3 is 20.3 Å². The normalized spacial score (nSPS) is 14.9. The average Bonchev–Trinajstić information content (AvgIpc) is 2.94. The molecule has 0 atom stereocenters. The fraction of sp³-hybridized carbons (Fsp3) is 0.412. The third-order valence-corrected chi connectivity index (χ3v) is 4.15. The smallest absolute Gasteiger partial charge is 0.246 e. The molecule has 1 aromatic carbocycles. The number of fused-ring (bicyclic) bond motifs is 2.